The van der Waals surface area contributed by atoms with Crippen LogP contribution < -0.4 is 5.32 Å². The van der Waals surface area contributed by atoms with Crippen molar-refractivity contribution >= 4 is 0 Å². The maximum absolute atomic E-state index is 3.72. The van der Waals surface area contributed by atoms with Crippen molar-refractivity contribution in [2.45, 2.75) is 64.8 Å². The Morgan fingerprint density at radius 1 is 1.11 bits per heavy atom. The van der Waals surface area contributed by atoms with Gasteiger partial charge in [-0.1, -0.05) is 44.4 Å². The highest BCUT2D eigenvalue weighted by Gasteiger charge is 2.25. The maximum Gasteiger partial charge on any atom is 0.0136 e. The van der Waals surface area contributed by atoms with Crippen LogP contribution in [0.1, 0.15) is 61.6 Å². The predicted octanol–water partition coefficient (Wildman–Crippen LogP) is 4.33. The summed E-state index contributed by atoms with van der Waals surface area (Å²) in [5.74, 6) is 0.715. The number of rotatable bonds is 3. The molecule has 0 bridgehead atoms. The van der Waals surface area contributed by atoms with Crippen molar-refractivity contribution in [3.05, 3.63) is 34.9 Å². The van der Waals surface area contributed by atoms with Crippen LogP contribution in [-0.2, 0) is 0 Å². The molecule has 0 spiro atoms. The molecule has 1 heteroatoms. The van der Waals surface area contributed by atoms with Crippen LogP contribution in [-0.4, -0.2) is 12.6 Å². The lowest BCUT2D eigenvalue weighted by atomic mass is 9.84. The summed E-state index contributed by atoms with van der Waals surface area (Å²) >= 11 is 0. The fraction of sp³-hybridized carbons (Fsp3) is 0.647. The Balaban J connectivity index is 2.28. The quantitative estimate of drug-likeness (QED) is 0.782. The summed E-state index contributed by atoms with van der Waals surface area (Å²) in [6.45, 7) is 7.84. The van der Waals surface area contributed by atoms with Crippen molar-refractivity contribution < 1.29 is 0 Å². The molecule has 1 aromatic rings. The predicted molar refractivity (Wildman–Crippen MR) is 79.2 cm³/mol. The Hall–Kier alpha value is -0.820. The third-order valence-corrected chi connectivity index (χ3v) is 4.53. The number of hydrogen-bond acceptors (Lipinski definition) is 1. The second-order valence-corrected chi connectivity index (χ2v) is 5.70. The maximum atomic E-state index is 3.72. The van der Waals surface area contributed by atoms with Crippen molar-refractivity contribution in [1.82, 2.24) is 5.32 Å². The van der Waals surface area contributed by atoms with Gasteiger partial charge in [0.15, 0.2) is 0 Å². The van der Waals surface area contributed by atoms with E-state index in [-0.39, 0.29) is 0 Å². The van der Waals surface area contributed by atoms with Gasteiger partial charge in [-0.25, -0.2) is 0 Å². The number of aryl methyl sites for hydroxylation is 1. The lowest BCUT2D eigenvalue weighted by Gasteiger charge is -2.28. The number of benzene rings is 1. The van der Waals surface area contributed by atoms with Crippen molar-refractivity contribution in [3.8, 4) is 0 Å². The third kappa shape index (κ3) is 2.95. The number of likely N-dealkylation sites (N-methyl/N-ethyl adjacent to an activating group) is 1. The van der Waals surface area contributed by atoms with E-state index in [0.29, 0.717) is 12.0 Å². The summed E-state index contributed by atoms with van der Waals surface area (Å²) in [7, 11) is 0. The SMILES string of the molecule is CCNC1CCCCCC1c1cccc(C)c1C. The van der Waals surface area contributed by atoms with Gasteiger partial charge in [-0.15, -0.1) is 0 Å². The molecular formula is C17H27N. The molecule has 0 aliphatic heterocycles. The van der Waals surface area contributed by atoms with Crippen LogP contribution >= 0.6 is 0 Å². The highest BCUT2D eigenvalue weighted by atomic mass is 14.9. The Labute approximate surface area is 112 Å². The number of nitrogens with one attached hydrogen (secondary N) is 1. The minimum absolute atomic E-state index is 0.679. The molecule has 2 atom stereocenters. The average Bonchev–Trinajstić information content (AvgIpc) is 2.59. The first-order valence-corrected chi connectivity index (χ1v) is 7.53. The van der Waals surface area contributed by atoms with Crippen molar-refractivity contribution in [2.24, 2.45) is 0 Å². The van der Waals surface area contributed by atoms with E-state index in [4.69, 9.17) is 0 Å². The molecule has 1 aliphatic rings. The van der Waals surface area contributed by atoms with Gasteiger partial charge in [-0.2, -0.15) is 0 Å². The standard InChI is InChI=1S/C17H27N/c1-4-18-17-12-7-5-6-10-16(17)15-11-8-9-13(2)14(15)3/h8-9,11,16-18H,4-7,10,12H2,1-3H3. The molecule has 0 saturated heterocycles. The minimum Gasteiger partial charge on any atom is -0.314 e. The molecule has 18 heavy (non-hydrogen) atoms. The van der Waals surface area contributed by atoms with E-state index in [9.17, 15) is 0 Å². The average molecular weight is 245 g/mol. The summed E-state index contributed by atoms with van der Waals surface area (Å²) in [5, 5.41) is 3.72. The van der Waals surface area contributed by atoms with Gasteiger partial charge in [0.05, 0.1) is 0 Å². The zero-order valence-corrected chi connectivity index (χ0v) is 12.1. The molecule has 1 N–H and O–H groups in total. The van der Waals surface area contributed by atoms with Gasteiger partial charge in [0.25, 0.3) is 0 Å². The normalized spacial score (nSPS) is 24.8. The Kier molecular flexibility index (Phi) is 4.82. The summed E-state index contributed by atoms with van der Waals surface area (Å²) in [4.78, 5) is 0. The first kappa shape index (κ1) is 13.6. The van der Waals surface area contributed by atoms with Gasteiger partial charge in [-0.3, -0.25) is 0 Å². The molecule has 0 heterocycles. The smallest absolute Gasteiger partial charge is 0.0136 e. The molecule has 1 aromatic carbocycles. The summed E-state index contributed by atoms with van der Waals surface area (Å²) in [6, 6.07) is 7.49. The van der Waals surface area contributed by atoms with Crippen molar-refractivity contribution in [1.29, 1.82) is 0 Å². The second kappa shape index (κ2) is 6.38. The summed E-state index contributed by atoms with van der Waals surface area (Å²) < 4.78 is 0. The third-order valence-electron chi connectivity index (χ3n) is 4.53. The second-order valence-electron chi connectivity index (χ2n) is 5.70. The molecule has 1 fully saturated rings. The largest absolute Gasteiger partial charge is 0.314 e. The van der Waals surface area contributed by atoms with Gasteiger partial charge in [-0.05, 0) is 55.8 Å². The topological polar surface area (TPSA) is 12.0 Å². The first-order chi connectivity index (χ1) is 8.74. The van der Waals surface area contributed by atoms with Crippen LogP contribution in [0.3, 0.4) is 0 Å². The van der Waals surface area contributed by atoms with Crippen LogP contribution in [0.4, 0.5) is 0 Å². The van der Waals surface area contributed by atoms with E-state index >= 15 is 0 Å². The van der Waals surface area contributed by atoms with Gasteiger partial charge < -0.3 is 5.32 Å². The highest BCUT2D eigenvalue weighted by Crippen LogP contribution is 2.34. The van der Waals surface area contributed by atoms with E-state index in [1.54, 1.807) is 5.56 Å². The van der Waals surface area contributed by atoms with Gasteiger partial charge in [0.1, 0.15) is 0 Å². The van der Waals surface area contributed by atoms with Crippen molar-refractivity contribution in [3.63, 3.8) is 0 Å². The fourth-order valence-electron chi connectivity index (χ4n) is 3.36. The molecule has 1 nitrogen and oxygen atoms in total. The number of hydrogen-bond donors (Lipinski definition) is 1. The molecule has 0 amide bonds. The molecule has 100 valence electrons. The fourth-order valence-corrected chi connectivity index (χ4v) is 3.36. The lowest BCUT2D eigenvalue weighted by molar-refractivity contribution is 0.418. The van der Waals surface area contributed by atoms with Crippen LogP contribution in [0.15, 0.2) is 18.2 Å². The van der Waals surface area contributed by atoms with E-state index in [1.807, 2.05) is 0 Å². The molecule has 2 unspecified atom stereocenters. The zero-order chi connectivity index (χ0) is 13.0. The Morgan fingerprint density at radius 3 is 2.67 bits per heavy atom. The van der Waals surface area contributed by atoms with Gasteiger partial charge >= 0.3 is 0 Å². The summed E-state index contributed by atoms with van der Waals surface area (Å²) in [6.07, 6.45) is 6.87. The van der Waals surface area contributed by atoms with E-state index in [1.165, 1.54) is 43.2 Å². The Morgan fingerprint density at radius 2 is 1.89 bits per heavy atom. The van der Waals surface area contributed by atoms with Crippen LogP contribution in [0, 0.1) is 13.8 Å². The highest BCUT2D eigenvalue weighted by molar-refractivity contribution is 5.36. The zero-order valence-electron chi connectivity index (χ0n) is 12.1. The molecule has 1 saturated carbocycles. The lowest BCUT2D eigenvalue weighted by Crippen LogP contribution is -2.34. The van der Waals surface area contributed by atoms with Crippen LogP contribution in [0.25, 0.3) is 0 Å². The monoisotopic (exact) mass is 245 g/mol. The molecule has 0 radical (unpaired) electrons. The Bertz CT molecular complexity index is 383. The van der Waals surface area contributed by atoms with E-state index in [0.717, 1.165) is 6.54 Å². The molecular weight excluding hydrogens is 218 g/mol. The molecule has 2 rings (SSSR count). The molecule has 0 aromatic heterocycles. The van der Waals surface area contributed by atoms with Crippen molar-refractivity contribution in [2.75, 3.05) is 6.54 Å². The first-order valence-electron chi connectivity index (χ1n) is 7.53. The van der Waals surface area contributed by atoms with Gasteiger partial charge in [0.2, 0.25) is 0 Å². The van der Waals surface area contributed by atoms with Crippen LogP contribution in [0.2, 0.25) is 0 Å². The minimum atomic E-state index is 0.679. The van der Waals surface area contributed by atoms with E-state index < -0.39 is 0 Å². The van der Waals surface area contributed by atoms with Crippen LogP contribution in [0.5, 0.6) is 0 Å². The van der Waals surface area contributed by atoms with Gasteiger partial charge in [0, 0.05) is 6.04 Å². The molecule has 1 aliphatic carbocycles. The summed E-state index contributed by atoms with van der Waals surface area (Å²) in [5.41, 5.74) is 4.53. The van der Waals surface area contributed by atoms with E-state index in [2.05, 4.69) is 44.3 Å².